The molecule has 8 nitrogen and oxygen atoms in total. The van der Waals surface area contributed by atoms with Crippen LogP contribution in [0.15, 0.2) is 67.1 Å². The first-order valence-corrected chi connectivity index (χ1v) is 11.7. The number of nitrogens with zero attached hydrogens (tertiary/aromatic N) is 4. The number of likely N-dealkylation sites (N-methyl/N-ethyl adjacent to an activating group) is 1. The molecule has 1 aliphatic rings. The van der Waals surface area contributed by atoms with Crippen LogP contribution in [-0.2, 0) is 16.8 Å². The van der Waals surface area contributed by atoms with Crippen LogP contribution in [0, 0.1) is 0 Å². The summed E-state index contributed by atoms with van der Waals surface area (Å²) in [6.45, 7) is 1.44. The third-order valence-corrected chi connectivity index (χ3v) is 6.43. The molecular formula is C27H31N5O3. The van der Waals surface area contributed by atoms with Crippen molar-refractivity contribution < 1.29 is 14.3 Å². The van der Waals surface area contributed by atoms with Gasteiger partial charge in [-0.15, -0.1) is 0 Å². The Balaban J connectivity index is 1.60. The Morgan fingerprint density at radius 1 is 1.11 bits per heavy atom. The number of amides is 2. The van der Waals surface area contributed by atoms with Gasteiger partial charge in [0, 0.05) is 57.9 Å². The largest absolute Gasteiger partial charge is 0.495 e. The molecular weight excluding hydrogens is 442 g/mol. The molecule has 0 unspecified atom stereocenters. The van der Waals surface area contributed by atoms with Crippen molar-refractivity contribution in [2.45, 2.75) is 24.8 Å². The molecule has 1 saturated heterocycles. The van der Waals surface area contributed by atoms with Crippen LogP contribution in [0.3, 0.4) is 0 Å². The molecule has 0 aliphatic carbocycles. The van der Waals surface area contributed by atoms with Gasteiger partial charge in [0.05, 0.1) is 18.5 Å². The molecule has 0 spiro atoms. The zero-order valence-corrected chi connectivity index (χ0v) is 20.4. The minimum Gasteiger partial charge on any atom is -0.495 e. The maximum atomic E-state index is 13.6. The van der Waals surface area contributed by atoms with E-state index in [-0.39, 0.29) is 18.4 Å². The third-order valence-electron chi connectivity index (χ3n) is 6.43. The first-order valence-electron chi connectivity index (χ1n) is 11.7. The highest BCUT2D eigenvalue weighted by atomic mass is 16.5. The summed E-state index contributed by atoms with van der Waals surface area (Å²) in [7, 11) is 5.10. The number of pyridine rings is 2. The van der Waals surface area contributed by atoms with Gasteiger partial charge in [0.25, 0.3) is 5.91 Å². The summed E-state index contributed by atoms with van der Waals surface area (Å²) in [6.07, 6.45) is 6.54. The van der Waals surface area contributed by atoms with E-state index in [1.165, 1.54) is 0 Å². The van der Waals surface area contributed by atoms with Crippen LogP contribution in [-0.4, -0.2) is 65.9 Å². The molecule has 2 aromatic heterocycles. The number of benzene rings is 1. The maximum absolute atomic E-state index is 13.6. The van der Waals surface area contributed by atoms with Gasteiger partial charge in [0.1, 0.15) is 11.2 Å². The number of aromatic nitrogens is 2. The van der Waals surface area contributed by atoms with Crippen LogP contribution < -0.4 is 10.1 Å². The first-order chi connectivity index (χ1) is 16.9. The Kier molecular flexibility index (Phi) is 7.29. The van der Waals surface area contributed by atoms with Crippen LogP contribution in [0.5, 0.6) is 5.75 Å². The summed E-state index contributed by atoms with van der Waals surface area (Å²) >= 11 is 0. The van der Waals surface area contributed by atoms with Crippen LogP contribution >= 0.6 is 0 Å². The number of carbonyl (C=O) groups excluding carboxylic acids is 2. The van der Waals surface area contributed by atoms with Gasteiger partial charge in [-0.3, -0.25) is 19.6 Å². The molecule has 0 saturated carbocycles. The molecule has 2 amide bonds. The molecule has 35 heavy (non-hydrogen) atoms. The molecule has 0 radical (unpaired) electrons. The number of piperidine rings is 1. The van der Waals surface area contributed by atoms with Gasteiger partial charge in [-0.05, 0) is 60.9 Å². The first kappa shape index (κ1) is 24.2. The molecule has 3 aromatic rings. The fraction of sp³-hybridized carbons (Fsp3) is 0.333. The lowest BCUT2D eigenvalue weighted by Crippen LogP contribution is -2.56. The van der Waals surface area contributed by atoms with E-state index in [9.17, 15) is 9.59 Å². The SMILES string of the molecule is COc1ccc(C(=O)N2CCC[C@@](C(=O)N(C)C)(c3ccccn3)C2)cc1NCc1ccncc1. The summed E-state index contributed by atoms with van der Waals surface area (Å²) < 4.78 is 5.50. The molecule has 8 heteroatoms. The fourth-order valence-electron chi connectivity index (χ4n) is 4.66. The maximum Gasteiger partial charge on any atom is 0.253 e. The van der Waals surface area contributed by atoms with E-state index in [1.807, 2.05) is 36.4 Å². The number of nitrogens with one attached hydrogen (secondary N) is 1. The molecule has 4 rings (SSSR count). The van der Waals surface area contributed by atoms with Gasteiger partial charge in [-0.25, -0.2) is 0 Å². The summed E-state index contributed by atoms with van der Waals surface area (Å²) in [4.78, 5) is 39.0. The van der Waals surface area contributed by atoms with E-state index < -0.39 is 5.41 Å². The van der Waals surface area contributed by atoms with Crippen molar-refractivity contribution in [2.24, 2.45) is 0 Å². The second-order valence-corrected chi connectivity index (χ2v) is 8.95. The molecule has 1 atom stereocenters. The van der Waals surface area contributed by atoms with Gasteiger partial charge in [0.15, 0.2) is 0 Å². The number of carbonyl (C=O) groups is 2. The lowest BCUT2D eigenvalue weighted by molar-refractivity contribution is -0.136. The standard InChI is InChI=1S/C27H31N5O3/c1-31(2)26(34)27(24-7-4-5-13-29-24)12-6-16-32(19-27)25(33)21-8-9-23(35-3)22(17-21)30-18-20-10-14-28-15-11-20/h4-5,7-11,13-15,17,30H,6,12,16,18-19H2,1-3H3/t27-/m0/s1. The number of methoxy groups -OCH3 is 1. The fourth-order valence-corrected chi connectivity index (χ4v) is 4.66. The highest BCUT2D eigenvalue weighted by Crippen LogP contribution is 2.36. The van der Waals surface area contributed by atoms with Gasteiger partial charge in [0.2, 0.25) is 5.91 Å². The summed E-state index contributed by atoms with van der Waals surface area (Å²) in [5, 5.41) is 3.36. The van der Waals surface area contributed by atoms with Crippen molar-refractivity contribution in [3.8, 4) is 5.75 Å². The Morgan fingerprint density at radius 2 is 1.91 bits per heavy atom. The van der Waals surface area contributed by atoms with Crippen LogP contribution in [0.1, 0.15) is 34.5 Å². The number of rotatable bonds is 7. The minimum atomic E-state index is -0.867. The Morgan fingerprint density at radius 3 is 2.60 bits per heavy atom. The summed E-state index contributed by atoms with van der Waals surface area (Å²) in [5.74, 6) is 0.495. The van der Waals surface area contributed by atoms with Gasteiger partial charge >= 0.3 is 0 Å². The second-order valence-electron chi connectivity index (χ2n) is 8.95. The lowest BCUT2D eigenvalue weighted by atomic mass is 9.75. The van der Waals surface area contributed by atoms with E-state index >= 15 is 0 Å². The quantitative estimate of drug-likeness (QED) is 0.566. The van der Waals surface area contributed by atoms with Crippen molar-refractivity contribution in [3.63, 3.8) is 0 Å². The average molecular weight is 474 g/mol. The smallest absolute Gasteiger partial charge is 0.253 e. The van der Waals surface area contributed by atoms with Crippen LogP contribution in [0.4, 0.5) is 5.69 Å². The summed E-state index contributed by atoms with van der Waals surface area (Å²) in [6, 6.07) is 14.8. The van der Waals surface area contributed by atoms with E-state index in [1.54, 1.807) is 61.7 Å². The Bertz CT molecular complexity index is 1170. The van der Waals surface area contributed by atoms with E-state index in [0.717, 1.165) is 11.3 Å². The highest BCUT2D eigenvalue weighted by Gasteiger charge is 2.47. The van der Waals surface area contributed by atoms with Crippen molar-refractivity contribution in [3.05, 3.63) is 83.9 Å². The molecule has 1 N–H and O–H groups in total. The molecule has 0 bridgehead atoms. The van der Waals surface area contributed by atoms with Crippen molar-refractivity contribution in [1.29, 1.82) is 0 Å². The van der Waals surface area contributed by atoms with Gasteiger partial charge in [-0.1, -0.05) is 6.07 Å². The summed E-state index contributed by atoms with van der Waals surface area (Å²) in [5.41, 5.74) is 2.17. The van der Waals surface area contributed by atoms with E-state index in [0.29, 0.717) is 42.9 Å². The zero-order chi connectivity index (χ0) is 24.8. The zero-order valence-electron chi connectivity index (χ0n) is 20.4. The third kappa shape index (κ3) is 5.11. The Hall–Kier alpha value is -3.94. The molecule has 1 fully saturated rings. The number of anilines is 1. The monoisotopic (exact) mass is 473 g/mol. The van der Waals surface area contributed by atoms with Crippen LogP contribution in [0.25, 0.3) is 0 Å². The van der Waals surface area contributed by atoms with Crippen molar-refractivity contribution in [1.82, 2.24) is 19.8 Å². The number of likely N-dealkylation sites (tertiary alicyclic amines) is 1. The lowest BCUT2D eigenvalue weighted by Gasteiger charge is -2.42. The Labute approximate surface area is 205 Å². The molecule has 182 valence electrons. The van der Waals surface area contributed by atoms with E-state index in [2.05, 4.69) is 15.3 Å². The number of hydrogen-bond donors (Lipinski definition) is 1. The average Bonchev–Trinajstić information content (AvgIpc) is 2.91. The molecule has 3 heterocycles. The minimum absolute atomic E-state index is 0.0388. The predicted molar refractivity (Wildman–Crippen MR) is 134 cm³/mol. The molecule has 1 aliphatic heterocycles. The molecule has 1 aromatic carbocycles. The normalized spacial score (nSPS) is 17.5. The topological polar surface area (TPSA) is 87.7 Å². The van der Waals surface area contributed by atoms with Crippen LogP contribution in [0.2, 0.25) is 0 Å². The number of ether oxygens (including phenoxy) is 1. The van der Waals surface area contributed by atoms with Crippen molar-refractivity contribution >= 4 is 17.5 Å². The van der Waals surface area contributed by atoms with Gasteiger partial charge in [-0.2, -0.15) is 0 Å². The number of hydrogen-bond acceptors (Lipinski definition) is 6. The second kappa shape index (κ2) is 10.5. The predicted octanol–water partition coefficient (Wildman–Crippen LogP) is 3.36. The van der Waals surface area contributed by atoms with Crippen molar-refractivity contribution in [2.75, 3.05) is 39.6 Å². The van der Waals surface area contributed by atoms with Gasteiger partial charge < -0.3 is 19.9 Å². The highest BCUT2D eigenvalue weighted by molar-refractivity contribution is 5.97. The van der Waals surface area contributed by atoms with E-state index in [4.69, 9.17) is 4.74 Å².